The quantitative estimate of drug-likeness (QED) is 0.341. The fourth-order valence-corrected chi connectivity index (χ4v) is 5.15. The van der Waals surface area contributed by atoms with E-state index in [1.54, 1.807) is 7.11 Å². The molecule has 38 heavy (non-hydrogen) atoms. The molecule has 6 rings (SSSR count). The molecular formula is C31H31N5O2. The Hall–Kier alpha value is -4.20. The molecule has 0 unspecified atom stereocenters. The molecule has 1 fully saturated rings. The van der Waals surface area contributed by atoms with Gasteiger partial charge in [-0.1, -0.05) is 60.7 Å². The molecule has 2 aromatic heterocycles. The highest BCUT2D eigenvalue weighted by Gasteiger charge is 2.25. The van der Waals surface area contributed by atoms with E-state index in [0.29, 0.717) is 6.54 Å². The second kappa shape index (κ2) is 10.7. The van der Waals surface area contributed by atoms with Crippen LogP contribution in [0.2, 0.25) is 0 Å². The van der Waals surface area contributed by atoms with Gasteiger partial charge in [-0.15, -0.1) is 0 Å². The molecule has 0 aliphatic carbocycles. The van der Waals surface area contributed by atoms with Crippen molar-refractivity contribution >= 4 is 11.5 Å². The first-order valence-corrected chi connectivity index (χ1v) is 13.0. The number of hydrogen-bond donors (Lipinski definition) is 1. The van der Waals surface area contributed by atoms with Gasteiger partial charge in [0.25, 0.3) is 0 Å². The van der Waals surface area contributed by atoms with Gasteiger partial charge in [0.05, 0.1) is 25.0 Å². The first-order valence-electron chi connectivity index (χ1n) is 13.0. The summed E-state index contributed by atoms with van der Waals surface area (Å²) in [5.74, 6) is 1.83. The summed E-state index contributed by atoms with van der Waals surface area (Å²) in [6, 6.07) is 30.9. The minimum atomic E-state index is 0.183. The summed E-state index contributed by atoms with van der Waals surface area (Å²) in [6.07, 6.45) is 0. The zero-order chi connectivity index (χ0) is 25.9. The standard InChI is InChI=1S/C31H31N5O2/c1-38-26-14-12-25(13-15-26)30-29(24-10-6-3-7-11-24)31-32-27(23-8-4-2-5-9-23)22-28(36(31)33-30)35-18-16-34(17-19-35)20-21-37/h2-15,22,37H,16-21H2,1H3. The number of fused-ring (bicyclic) bond motifs is 1. The highest BCUT2D eigenvalue weighted by atomic mass is 16.5. The van der Waals surface area contributed by atoms with Crippen LogP contribution in [-0.2, 0) is 0 Å². The van der Waals surface area contributed by atoms with Gasteiger partial charge in [-0.05, 0) is 29.8 Å². The lowest BCUT2D eigenvalue weighted by Gasteiger charge is -2.35. The van der Waals surface area contributed by atoms with Crippen molar-refractivity contribution in [3.05, 3.63) is 91.0 Å². The van der Waals surface area contributed by atoms with E-state index >= 15 is 0 Å². The number of nitrogens with zero attached hydrogens (tertiary/aromatic N) is 5. The van der Waals surface area contributed by atoms with Crippen LogP contribution in [0.5, 0.6) is 5.75 Å². The maximum Gasteiger partial charge on any atom is 0.166 e. The van der Waals surface area contributed by atoms with Gasteiger partial charge in [-0.3, -0.25) is 4.90 Å². The second-order valence-corrected chi connectivity index (χ2v) is 9.47. The van der Waals surface area contributed by atoms with E-state index < -0.39 is 0 Å². The van der Waals surface area contributed by atoms with Gasteiger partial charge in [-0.25, -0.2) is 4.98 Å². The molecule has 192 valence electrons. The number of aliphatic hydroxyl groups is 1. The summed E-state index contributed by atoms with van der Waals surface area (Å²) >= 11 is 0. The predicted molar refractivity (Wildman–Crippen MR) is 152 cm³/mol. The molecule has 0 saturated carbocycles. The maximum absolute atomic E-state index is 9.40. The number of benzene rings is 3. The summed E-state index contributed by atoms with van der Waals surface area (Å²) in [5, 5.41) is 14.6. The van der Waals surface area contributed by atoms with E-state index in [2.05, 4.69) is 64.4 Å². The summed E-state index contributed by atoms with van der Waals surface area (Å²) in [5.41, 5.74) is 6.80. The third-order valence-electron chi connectivity index (χ3n) is 7.18. The Balaban J connectivity index is 1.58. The minimum absolute atomic E-state index is 0.183. The lowest BCUT2D eigenvalue weighted by molar-refractivity contribution is 0.188. The van der Waals surface area contributed by atoms with Gasteiger partial charge in [0.2, 0.25) is 0 Å². The Morgan fingerprint density at radius 3 is 2.08 bits per heavy atom. The molecule has 0 radical (unpaired) electrons. The smallest absolute Gasteiger partial charge is 0.166 e. The molecule has 5 aromatic rings. The van der Waals surface area contributed by atoms with Gasteiger partial charge < -0.3 is 14.7 Å². The van der Waals surface area contributed by atoms with Crippen LogP contribution >= 0.6 is 0 Å². The lowest BCUT2D eigenvalue weighted by Crippen LogP contribution is -2.47. The Morgan fingerprint density at radius 1 is 0.789 bits per heavy atom. The normalized spacial score (nSPS) is 14.2. The minimum Gasteiger partial charge on any atom is -0.497 e. The summed E-state index contributed by atoms with van der Waals surface area (Å²) in [6.45, 7) is 4.38. The van der Waals surface area contributed by atoms with Gasteiger partial charge >= 0.3 is 0 Å². The average Bonchev–Trinajstić information content (AvgIpc) is 3.38. The molecule has 1 N–H and O–H groups in total. The Morgan fingerprint density at radius 2 is 1.45 bits per heavy atom. The van der Waals surface area contributed by atoms with Crippen molar-refractivity contribution in [1.82, 2.24) is 19.5 Å². The fraction of sp³-hybridized carbons (Fsp3) is 0.226. The second-order valence-electron chi connectivity index (χ2n) is 9.47. The molecule has 7 heteroatoms. The van der Waals surface area contributed by atoms with Crippen molar-refractivity contribution in [3.8, 4) is 39.4 Å². The highest BCUT2D eigenvalue weighted by Crippen LogP contribution is 2.38. The Kier molecular flexibility index (Phi) is 6.77. The van der Waals surface area contributed by atoms with E-state index in [1.165, 1.54) is 0 Å². The highest BCUT2D eigenvalue weighted by molar-refractivity contribution is 5.92. The number of ether oxygens (including phenoxy) is 1. The lowest BCUT2D eigenvalue weighted by atomic mass is 10.0. The number of anilines is 1. The van der Waals surface area contributed by atoms with E-state index in [0.717, 1.165) is 77.0 Å². The number of hydrogen-bond acceptors (Lipinski definition) is 6. The topological polar surface area (TPSA) is 66.1 Å². The first-order chi connectivity index (χ1) is 18.7. The molecule has 1 aliphatic rings. The van der Waals surface area contributed by atoms with Crippen LogP contribution in [0.25, 0.3) is 39.3 Å². The van der Waals surface area contributed by atoms with Crippen LogP contribution in [0.15, 0.2) is 91.0 Å². The molecule has 3 aromatic carbocycles. The number of aromatic nitrogens is 3. The first kappa shape index (κ1) is 24.2. The van der Waals surface area contributed by atoms with Crippen molar-refractivity contribution in [2.45, 2.75) is 0 Å². The van der Waals surface area contributed by atoms with Crippen molar-refractivity contribution in [1.29, 1.82) is 0 Å². The molecule has 0 spiro atoms. The van der Waals surface area contributed by atoms with Crippen molar-refractivity contribution in [2.75, 3.05) is 51.3 Å². The zero-order valence-electron chi connectivity index (χ0n) is 21.5. The largest absolute Gasteiger partial charge is 0.497 e. The van der Waals surface area contributed by atoms with Gasteiger partial charge in [0.1, 0.15) is 17.3 Å². The number of aliphatic hydroxyl groups excluding tert-OH is 1. The van der Waals surface area contributed by atoms with Gasteiger partial charge in [-0.2, -0.15) is 9.61 Å². The molecular weight excluding hydrogens is 474 g/mol. The molecule has 0 amide bonds. The monoisotopic (exact) mass is 505 g/mol. The van der Waals surface area contributed by atoms with E-state index in [4.69, 9.17) is 14.8 Å². The van der Waals surface area contributed by atoms with Crippen LogP contribution in [-0.4, -0.2) is 71.0 Å². The number of piperazine rings is 1. The predicted octanol–water partition coefficient (Wildman–Crippen LogP) is 4.85. The maximum atomic E-state index is 9.40. The summed E-state index contributed by atoms with van der Waals surface area (Å²) < 4.78 is 7.41. The van der Waals surface area contributed by atoms with E-state index in [9.17, 15) is 5.11 Å². The van der Waals surface area contributed by atoms with E-state index in [1.807, 2.05) is 40.9 Å². The van der Waals surface area contributed by atoms with Gasteiger partial charge in [0.15, 0.2) is 5.65 Å². The molecule has 0 bridgehead atoms. The number of methoxy groups -OCH3 is 1. The zero-order valence-corrected chi connectivity index (χ0v) is 21.5. The van der Waals surface area contributed by atoms with Crippen molar-refractivity contribution in [3.63, 3.8) is 0 Å². The third-order valence-corrected chi connectivity index (χ3v) is 7.18. The molecule has 7 nitrogen and oxygen atoms in total. The van der Waals surface area contributed by atoms with Gasteiger partial charge in [0, 0.05) is 49.9 Å². The third kappa shape index (κ3) is 4.62. The van der Waals surface area contributed by atoms with Crippen LogP contribution in [0.1, 0.15) is 0 Å². The molecule has 1 aliphatic heterocycles. The molecule has 3 heterocycles. The average molecular weight is 506 g/mol. The molecule has 1 saturated heterocycles. The van der Waals surface area contributed by atoms with E-state index in [-0.39, 0.29) is 6.61 Å². The summed E-state index contributed by atoms with van der Waals surface area (Å²) in [4.78, 5) is 9.89. The Labute approximate surface area is 222 Å². The fourth-order valence-electron chi connectivity index (χ4n) is 5.15. The number of rotatable bonds is 7. The van der Waals surface area contributed by atoms with Crippen LogP contribution in [0, 0.1) is 0 Å². The summed E-state index contributed by atoms with van der Waals surface area (Å²) in [7, 11) is 1.68. The van der Waals surface area contributed by atoms with Crippen LogP contribution in [0.3, 0.4) is 0 Å². The Bertz CT molecular complexity index is 1510. The van der Waals surface area contributed by atoms with Crippen molar-refractivity contribution < 1.29 is 9.84 Å². The van der Waals surface area contributed by atoms with Crippen molar-refractivity contribution in [2.24, 2.45) is 0 Å². The van der Waals surface area contributed by atoms with Crippen LogP contribution < -0.4 is 9.64 Å². The van der Waals surface area contributed by atoms with Crippen LogP contribution in [0.4, 0.5) is 5.82 Å². The SMILES string of the molecule is COc1ccc(-c2nn3c(N4CCN(CCO)CC4)cc(-c4ccccc4)nc3c2-c2ccccc2)cc1. The molecule has 0 atom stereocenters. The number of β-amino-alcohol motifs (C(OH)–C–C–N with tert-alkyl or cyclic N) is 1.